The summed E-state index contributed by atoms with van der Waals surface area (Å²) < 4.78 is 0.424. The van der Waals surface area contributed by atoms with Crippen LogP contribution in [0.3, 0.4) is 0 Å². The van der Waals surface area contributed by atoms with Gasteiger partial charge in [-0.3, -0.25) is 0 Å². The normalized spacial score (nSPS) is 18.4. The van der Waals surface area contributed by atoms with Crippen LogP contribution in [-0.4, -0.2) is 4.98 Å². The lowest BCUT2D eigenvalue weighted by Gasteiger charge is -2.12. The van der Waals surface area contributed by atoms with E-state index in [4.69, 9.17) is 0 Å². The lowest BCUT2D eigenvalue weighted by Crippen LogP contribution is -1.95. The first-order valence-electron chi connectivity index (χ1n) is 5.16. The first-order chi connectivity index (χ1) is 7.86. The number of aromatic nitrogens is 1. The fourth-order valence-electron chi connectivity index (χ4n) is 1.94. The third-order valence-corrected chi connectivity index (χ3v) is 5.18. The third kappa shape index (κ3) is 1.76. The number of rotatable bonds is 0. The Morgan fingerprint density at radius 1 is 1.12 bits per heavy atom. The molecule has 0 radical (unpaired) electrons. The monoisotopic (exact) mass is 339 g/mol. The predicted octanol–water partition coefficient (Wildman–Crippen LogP) is 4.21. The minimum atomic E-state index is 0.424. The van der Waals surface area contributed by atoms with Gasteiger partial charge in [0, 0.05) is 17.5 Å². The average molecular weight is 339 g/mol. The molecule has 3 heteroatoms. The van der Waals surface area contributed by atoms with Crippen LogP contribution < -0.4 is 0 Å². The quantitative estimate of drug-likeness (QED) is 0.527. The minimum Gasteiger partial charge on any atom is -0.250 e. The summed E-state index contributed by atoms with van der Waals surface area (Å²) in [6, 6.07) is 12.9. The van der Waals surface area contributed by atoms with Crippen molar-refractivity contribution in [2.24, 2.45) is 0 Å². The van der Waals surface area contributed by atoms with Crippen molar-refractivity contribution < 1.29 is 0 Å². The van der Waals surface area contributed by atoms with Gasteiger partial charge in [-0.25, -0.2) is 4.98 Å². The van der Waals surface area contributed by atoms with Gasteiger partial charge in [0.1, 0.15) is 5.03 Å². The fraction of sp³-hybridized carbons (Fsp3) is 0.154. The molecule has 80 valence electrons. The molecule has 2 heterocycles. The molecule has 0 saturated carbocycles. The molecule has 0 bridgehead atoms. The molecule has 1 unspecified atom stereocenters. The van der Waals surface area contributed by atoms with Crippen LogP contribution in [0, 0.1) is 0 Å². The highest BCUT2D eigenvalue weighted by molar-refractivity contribution is 14.1. The number of hydrogen-bond donors (Lipinski definition) is 0. The maximum Gasteiger partial charge on any atom is 0.101 e. The predicted molar refractivity (Wildman–Crippen MR) is 76.1 cm³/mol. The van der Waals surface area contributed by atoms with Crippen LogP contribution in [0.5, 0.6) is 0 Å². The summed E-state index contributed by atoms with van der Waals surface area (Å²) in [5, 5.41) is 1.18. The molecule has 3 rings (SSSR count). The van der Waals surface area contributed by atoms with Gasteiger partial charge in [-0.1, -0.05) is 52.9 Å². The van der Waals surface area contributed by atoms with Crippen molar-refractivity contribution in [1.29, 1.82) is 0 Å². The van der Waals surface area contributed by atoms with Gasteiger partial charge in [0.25, 0.3) is 0 Å². The van der Waals surface area contributed by atoms with Crippen molar-refractivity contribution in [3.63, 3.8) is 0 Å². The molecule has 0 N–H and O–H groups in total. The summed E-state index contributed by atoms with van der Waals surface area (Å²) >= 11 is 4.35. The number of alkyl halides is 1. The van der Waals surface area contributed by atoms with Crippen LogP contribution in [0.1, 0.15) is 20.6 Å². The number of nitrogens with zero attached hydrogens (tertiary/aromatic N) is 1. The zero-order valence-corrected chi connectivity index (χ0v) is 11.5. The van der Waals surface area contributed by atoms with Crippen LogP contribution in [0.15, 0.2) is 47.6 Å². The second kappa shape index (κ2) is 4.37. The molecule has 0 spiro atoms. The van der Waals surface area contributed by atoms with Gasteiger partial charge in [-0.15, -0.1) is 11.8 Å². The topological polar surface area (TPSA) is 12.9 Å². The van der Waals surface area contributed by atoms with Gasteiger partial charge in [0.2, 0.25) is 0 Å². The summed E-state index contributed by atoms with van der Waals surface area (Å²) in [6.45, 7) is 0. The van der Waals surface area contributed by atoms with Gasteiger partial charge >= 0.3 is 0 Å². The summed E-state index contributed by atoms with van der Waals surface area (Å²) in [6.07, 6.45) is 1.88. The van der Waals surface area contributed by atoms with E-state index in [-0.39, 0.29) is 0 Å². The zero-order chi connectivity index (χ0) is 11.0. The highest BCUT2D eigenvalue weighted by Gasteiger charge is 2.21. The third-order valence-electron chi connectivity index (χ3n) is 2.77. The van der Waals surface area contributed by atoms with Crippen molar-refractivity contribution in [2.75, 3.05) is 0 Å². The van der Waals surface area contributed by atoms with E-state index in [1.165, 1.54) is 21.7 Å². The molecule has 1 aliphatic rings. The fourth-order valence-corrected chi connectivity index (χ4v) is 4.31. The van der Waals surface area contributed by atoms with Gasteiger partial charge in [-0.05, 0) is 17.2 Å². The molecular formula is C13H10INS. The maximum atomic E-state index is 4.47. The Bertz CT molecular complexity index is 479. The van der Waals surface area contributed by atoms with E-state index >= 15 is 0 Å². The second-order valence-electron chi connectivity index (χ2n) is 3.75. The summed E-state index contributed by atoms with van der Waals surface area (Å²) in [5.41, 5.74) is 4.21. The van der Waals surface area contributed by atoms with E-state index in [1.807, 2.05) is 24.0 Å². The lowest BCUT2D eigenvalue weighted by molar-refractivity contribution is 1.03. The minimum absolute atomic E-state index is 0.424. The van der Waals surface area contributed by atoms with E-state index < -0.39 is 0 Å². The SMILES string of the molecule is IC1c2ccccc2CSc2ncccc21. The Labute approximate surface area is 113 Å². The highest BCUT2D eigenvalue weighted by Crippen LogP contribution is 2.42. The number of thioether (sulfide) groups is 1. The molecule has 2 aromatic rings. The highest BCUT2D eigenvalue weighted by atomic mass is 127. The van der Waals surface area contributed by atoms with E-state index in [0.29, 0.717) is 3.92 Å². The van der Waals surface area contributed by atoms with Crippen molar-refractivity contribution in [3.05, 3.63) is 59.3 Å². The molecule has 1 nitrogen and oxygen atoms in total. The standard InChI is InChI=1S/C13H10INS/c14-12-10-5-2-1-4-9(10)8-16-13-11(12)6-3-7-15-13/h1-7,12H,8H2. The Balaban J connectivity index is 2.18. The molecule has 1 atom stereocenters. The average Bonchev–Trinajstić information content (AvgIpc) is 2.49. The number of pyridine rings is 1. The molecule has 16 heavy (non-hydrogen) atoms. The van der Waals surface area contributed by atoms with Crippen LogP contribution in [0.25, 0.3) is 0 Å². The smallest absolute Gasteiger partial charge is 0.101 e. The van der Waals surface area contributed by atoms with Crippen molar-refractivity contribution in [3.8, 4) is 0 Å². The first-order valence-corrected chi connectivity index (χ1v) is 7.39. The first kappa shape index (κ1) is 10.6. The molecule has 1 aliphatic heterocycles. The molecule has 0 aliphatic carbocycles. The van der Waals surface area contributed by atoms with E-state index in [9.17, 15) is 0 Å². The van der Waals surface area contributed by atoms with Crippen molar-refractivity contribution in [1.82, 2.24) is 4.98 Å². The summed E-state index contributed by atoms with van der Waals surface area (Å²) in [7, 11) is 0. The number of fused-ring (bicyclic) bond motifs is 2. The Hall–Kier alpha value is -0.550. The number of benzene rings is 1. The molecule has 1 aromatic carbocycles. The van der Waals surface area contributed by atoms with Crippen molar-refractivity contribution >= 4 is 34.4 Å². The second-order valence-corrected chi connectivity index (χ2v) is 5.96. The van der Waals surface area contributed by atoms with E-state index in [2.05, 4.69) is 57.9 Å². The number of halogens is 1. The van der Waals surface area contributed by atoms with Crippen LogP contribution in [0.4, 0.5) is 0 Å². The van der Waals surface area contributed by atoms with Gasteiger partial charge < -0.3 is 0 Å². The lowest BCUT2D eigenvalue weighted by atomic mass is 10.0. The van der Waals surface area contributed by atoms with Crippen LogP contribution in [-0.2, 0) is 5.75 Å². The zero-order valence-electron chi connectivity index (χ0n) is 8.56. The Kier molecular flexibility index (Phi) is 2.90. The van der Waals surface area contributed by atoms with Gasteiger partial charge in [0.05, 0.1) is 3.92 Å². The molecule has 1 aromatic heterocycles. The summed E-state index contributed by atoms with van der Waals surface area (Å²) in [5.74, 6) is 1.03. The Morgan fingerprint density at radius 2 is 1.94 bits per heavy atom. The largest absolute Gasteiger partial charge is 0.250 e. The number of hydrogen-bond acceptors (Lipinski definition) is 2. The summed E-state index contributed by atoms with van der Waals surface area (Å²) in [4.78, 5) is 4.47. The molecule has 0 amide bonds. The molecular weight excluding hydrogens is 329 g/mol. The maximum absolute atomic E-state index is 4.47. The van der Waals surface area contributed by atoms with Crippen LogP contribution in [0.2, 0.25) is 0 Å². The van der Waals surface area contributed by atoms with Crippen molar-refractivity contribution in [2.45, 2.75) is 14.7 Å². The van der Waals surface area contributed by atoms with Gasteiger partial charge in [0.15, 0.2) is 0 Å². The van der Waals surface area contributed by atoms with Crippen LogP contribution >= 0.6 is 34.4 Å². The molecule has 0 saturated heterocycles. The molecule has 0 fully saturated rings. The Morgan fingerprint density at radius 3 is 2.88 bits per heavy atom. The van der Waals surface area contributed by atoms with Gasteiger partial charge in [-0.2, -0.15) is 0 Å². The van der Waals surface area contributed by atoms with E-state index in [1.54, 1.807) is 0 Å². The van der Waals surface area contributed by atoms with E-state index in [0.717, 1.165) is 5.75 Å².